The number of esters is 1. The van der Waals surface area contributed by atoms with Crippen LogP contribution in [0.1, 0.15) is 40.0 Å². The molecule has 1 aliphatic heterocycles. The summed E-state index contributed by atoms with van der Waals surface area (Å²) in [6.07, 6.45) is 1.05. The van der Waals surface area contributed by atoms with Crippen LogP contribution in [0.4, 0.5) is 0 Å². The second-order valence-corrected chi connectivity index (χ2v) is 4.73. The molecular weight excluding hydrogens is 196 g/mol. The Morgan fingerprint density at radius 1 is 1.40 bits per heavy atom. The van der Waals surface area contributed by atoms with E-state index in [1.807, 2.05) is 0 Å². The van der Waals surface area contributed by atoms with E-state index in [-0.39, 0.29) is 12.2 Å². The minimum atomic E-state index is -0.534. The fourth-order valence-electron chi connectivity index (χ4n) is 1.47. The zero-order valence-electron chi connectivity index (χ0n) is 9.54. The molecule has 0 aliphatic carbocycles. The summed E-state index contributed by atoms with van der Waals surface area (Å²) in [5.74, 6) is -0.634. The van der Waals surface area contributed by atoms with Crippen LogP contribution in [0.2, 0.25) is 0 Å². The van der Waals surface area contributed by atoms with Crippen LogP contribution in [0.5, 0.6) is 0 Å². The van der Waals surface area contributed by atoms with Crippen LogP contribution < -0.4 is 0 Å². The van der Waals surface area contributed by atoms with Crippen LogP contribution in [-0.2, 0) is 19.1 Å². The van der Waals surface area contributed by atoms with E-state index in [1.165, 1.54) is 0 Å². The Hall–Kier alpha value is -0.900. The smallest absolute Gasteiger partial charge is 0.313 e. The fraction of sp³-hybridized carbons (Fsp3) is 0.818. The Kier molecular flexibility index (Phi) is 3.85. The van der Waals surface area contributed by atoms with Crippen molar-refractivity contribution < 1.29 is 19.1 Å². The topological polar surface area (TPSA) is 52.6 Å². The highest BCUT2D eigenvalue weighted by molar-refractivity contribution is 5.98. The van der Waals surface area contributed by atoms with E-state index in [4.69, 9.17) is 9.47 Å². The van der Waals surface area contributed by atoms with Gasteiger partial charge in [0.15, 0.2) is 5.78 Å². The molecule has 0 aromatic heterocycles. The molecule has 0 aromatic carbocycles. The molecule has 0 radical (unpaired) electrons. The monoisotopic (exact) mass is 214 g/mol. The highest BCUT2D eigenvalue weighted by Crippen LogP contribution is 2.15. The number of carbonyl (C=O) groups excluding carboxylic acids is 2. The van der Waals surface area contributed by atoms with Gasteiger partial charge in [0.2, 0.25) is 0 Å². The molecule has 0 unspecified atom stereocenters. The maximum Gasteiger partial charge on any atom is 0.313 e. The van der Waals surface area contributed by atoms with E-state index in [0.717, 1.165) is 12.8 Å². The number of hydrogen-bond donors (Lipinski definition) is 0. The van der Waals surface area contributed by atoms with Crippen LogP contribution in [0.3, 0.4) is 0 Å². The zero-order valence-corrected chi connectivity index (χ0v) is 9.54. The molecule has 1 rings (SSSR count). The highest BCUT2D eigenvalue weighted by Gasteiger charge is 2.27. The third-order valence-corrected chi connectivity index (χ3v) is 2.03. The van der Waals surface area contributed by atoms with Gasteiger partial charge in [0.05, 0.1) is 0 Å². The number of hydrogen-bond acceptors (Lipinski definition) is 4. The first-order chi connectivity index (χ1) is 6.88. The summed E-state index contributed by atoms with van der Waals surface area (Å²) in [5, 5.41) is 0. The van der Waals surface area contributed by atoms with E-state index in [0.29, 0.717) is 6.61 Å². The van der Waals surface area contributed by atoms with E-state index in [9.17, 15) is 9.59 Å². The van der Waals surface area contributed by atoms with Gasteiger partial charge in [-0.3, -0.25) is 9.59 Å². The van der Waals surface area contributed by atoms with Gasteiger partial charge in [-0.25, -0.2) is 0 Å². The summed E-state index contributed by atoms with van der Waals surface area (Å²) in [6, 6.07) is 0. The van der Waals surface area contributed by atoms with Crippen LogP contribution in [0.15, 0.2) is 0 Å². The van der Waals surface area contributed by atoms with Crippen LogP contribution >= 0.6 is 0 Å². The molecular formula is C11H18O4. The zero-order chi connectivity index (χ0) is 11.5. The number of ketones is 1. The average Bonchev–Trinajstić information content (AvgIpc) is 2.50. The van der Waals surface area contributed by atoms with E-state index < -0.39 is 17.7 Å². The van der Waals surface area contributed by atoms with E-state index >= 15 is 0 Å². The molecule has 1 fully saturated rings. The van der Waals surface area contributed by atoms with Crippen molar-refractivity contribution in [2.45, 2.75) is 51.7 Å². The first-order valence-electron chi connectivity index (χ1n) is 5.24. The van der Waals surface area contributed by atoms with Gasteiger partial charge < -0.3 is 9.47 Å². The molecule has 1 atom stereocenters. The molecule has 15 heavy (non-hydrogen) atoms. The molecule has 0 N–H and O–H groups in total. The lowest BCUT2D eigenvalue weighted by Crippen LogP contribution is -2.28. The van der Waals surface area contributed by atoms with Crippen molar-refractivity contribution in [2.24, 2.45) is 0 Å². The number of ether oxygens (including phenoxy) is 2. The molecule has 0 saturated carbocycles. The molecule has 86 valence electrons. The summed E-state index contributed by atoms with van der Waals surface area (Å²) in [5.41, 5.74) is -0.534. The number of carbonyl (C=O) groups is 2. The van der Waals surface area contributed by atoms with Gasteiger partial charge in [-0.15, -0.1) is 0 Å². The lowest BCUT2D eigenvalue weighted by Gasteiger charge is -2.19. The standard InChI is InChI=1S/C11H18O4/c1-11(2,3)15-10(13)7-8(12)9-5-4-6-14-9/h9H,4-7H2,1-3H3/t9-/m0/s1. The molecule has 1 aliphatic rings. The Labute approximate surface area is 89.9 Å². The minimum Gasteiger partial charge on any atom is -0.460 e. The van der Waals surface area contributed by atoms with Gasteiger partial charge in [0.1, 0.15) is 18.1 Å². The SMILES string of the molecule is CC(C)(C)OC(=O)CC(=O)[C@@H]1CCCO1. The molecule has 1 heterocycles. The van der Waals surface area contributed by atoms with Crippen molar-refractivity contribution in [3.63, 3.8) is 0 Å². The molecule has 1 saturated heterocycles. The van der Waals surface area contributed by atoms with Crippen LogP contribution in [0.25, 0.3) is 0 Å². The highest BCUT2D eigenvalue weighted by atomic mass is 16.6. The predicted molar refractivity (Wildman–Crippen MR) is 54.4 cm³/mol. The largest absolute Gasteiger partial charge is 0.460 e. The third-order valence-electron chi connectivity index (χ3n) is 2.03. The van der Waals surface area contributed by atoms with Crippen molar-refractivity contribution in [2.75, 3.05) is 6.61 Å². The molecule has 4 nitrogen and oxygen atoms in total. The second-order valence-electron chi connectivity index (χ2n) is 4.73. The van der Waals surface area contributed by atoms with Crippen molar-refractivity contribution in [3.8, 4) is 0 Å². The van der Waals surface area contributed by atoms with Gasteiger partial charge in [-0.1, -0.05) is 0 Å². The molecule has 0 bridgehead atoms. The van der Waals surface area contributed by atoms with Crippen molar-refractivity contribution in [1.29, 1.82) is 0 Å². The van der Waals surface area contributed by atoms with Gasteiger partial charge in [-0.2, -0.15) is 0 Å². The Balaban J connectivity index is 2.34. The molecule has 0 aromatic rings. The van der Waals surface area contributed by atoms with Crippen molar-refractivity contribution in [1.82, 2.24) is 0 Å². The second kappa shape index (κ2) is 4.75. The first kappa shape index (κ1) is 12.2. The summed E-state index contributed by atoms with van der Waals surface area (Å²) in [6.45, 7) is 5.95. The molecule has 4 heteroatoms. The Bertz CT molecular complexity index is 246. The first-order valence-corrected chi connectivity index (χ1v) is 5.24. The van der Waals surface area contributed by atoms with E-state index in [1.54, 1.807) is 20.8 Å². The Morgan fingerprint density at radius 3 is 2.53 bits per heavy atom. The van der Waals surface area contributed by atoms with Crippen LogP contribution in [-0.4, -0.2) is 30.1 Å². The van der Waals surface area contributed by atoms with E-state index in [2.05, 4.69) is 0 Å². The van der Waals surface area contributed by atoms with Gasteiger partial charge in [0.25, 0.3) is 0 Å². The summed E-state index contributed by atoms with van der Waals surface area (Å²) < 4.78 is 10.2. The Morgan fingerprint density at radius 2 is 2.07 bits per heavy atom. The van der Waals surface area contributed by atoms with Gasteiger partial charge in [-0.05, 0) is 33.6 Å². The summed E-state index contributed by atoms with van der Waals surface area (Å²) >= 11 is 0. The van der Waals surface area contributed by atoms with Crippen molar-refractivity contribution >= 4 is 11.8 Å². The van der Waals surface area contributed by atoms with Crippen molar-refractivity contribution in [3.05, 3.63) is 0 Å². The maximum atomic E-state index is 11.5. The number of rotatable bonds is 3. The fourth-order valence-corrected chi connectivity index (χ4v) is 1.47. The summed E-state index contributed by atoms with van der Waals surface area (Å²) in [7, 11) is 0. The lowest BCUT2D eigenvalue weighted by molar-refractivity contribution is -0.157. The summed E-state index contributed by atoms with van der Waals surface area (Å²) in [4.78, 5) is 22.8. The lowest BCUT2D eigenvalue weighted by atomic mass is 10.1. The normalized spacial score (nSPS) is 21.4. The minimum absolute atomic E-state index is 0.165. The van der Waals surface area contributed by atoms with Gasteiger partial charge >= 0.3 is 5.97 Å². The number of Topliss-reactive ketones (excluding diaryl/α,β-unsaturated/α-hetero) is 1. The molecule has 0 amide bonds. The molecule has 0 spiro atoms. The predicted octanol–water partition coefficient (Wildman–Crippen LogP) is 1.47. The maximum absolute atomic E-state index is 11.5. The quantitative estimate of drug-likeness (QED) is 0.527. The van der Waals surface area contributed by atoms with Crippen LogP contribution in [0, 0.1) is 0 Å². The third kappa shape index (κ3) is 4.42. The van der Waals surface area contributed by atoms with Gasteiger partial charge in [0, 0.05) is 6.61 Å². The average molecular weight is 214 g/mol.